The standard InChI is InChI=1S/C9H13BrN2O2S/c1-5(8(11)13)12-4-6-3-7(10)9(14-2)15-6/h3,5,12H,4H2,1-2H3,(H2,11,13). The molecule has 0 aliphatic heterocycles. The van der Waals surface area contributed by atoms with Crippen molar-refractivity contribution < 1.29 is 9.53 Å². The van der Waals surface area contributed by atoms with Crippen LogP contribution in [0.4, 0.5) is 0 Å². The summed E-state index contributed by atoms with van der Waals surface area (Å²) in [6.07, 6.45) is 0. The van der Waals surface area contributed by atoms with Crippen LogP contribution in [0.2, 0.25) is 0 Å². The molecule has 4 nitrogen and oxygen atoms in total. The molecule has 1 unspecified atom stereocenters. The van der Waals surface area contributed by atoms with E-state index in [2.05, 4.69) is 21.2 Å². The Labute approximate surface area is 101 Å². The van der Waals surface area contributed by atoms with E-state index in [4.69, 9.17) is 10.5 Å². The number of nitrogens with two attached hydrogens (primary N) is 1. The van der Waals surface area contributed by atoms with Gasteiger partial charge < -0.3 is 15.8 Å². The maximum absolute atomic E-state index is 10.8. The van der Waals surface area contributed by atoms with Gasteiger partial charge in [0.25, 0.3) is 0 Å². The number of carbonyl (C=O) groups is 1. The molecule has 6 heteroatoms. The molecular weight excluding hydrogens is 280 g/mol. The molecule has 0 fully saturated rings. The minimum Gasteiger partial charge on any atom is -0.486 e. The highest BCUT2D eigenvalue weighted by Gasteiger charge is 2.10. The van der Waals surface area contributed by atoms with Crippen molar-refractivity contribution in [3.8, 4) is 5.06 Å². The molecule has 1 aromatic rings. The van der Waals surface area contributed by atoms with Gasteiger partial charge in [-0.2, -0.15) is 0 Å². The average Bonchev–Trinajstić information content (AvgIpc) is 2.55. The lowest BCUT2D eigenvalue weighted by atomic mass is 10.3. The third-order valence-electron chi connectivity index (χ3n) is 1.90. The lowest BCUT2D eigenvalue weighted by molar-refractivity contribution is -0.119. The normalized spacial score (nSPS) is 12.5. The minimum atomic E-state index is -0.349. The average molecular weight is 293 g/mol. The van der Waals surface area contributed by atoms with Crippen LogP contribution in [0.15, 0.2) is 10.5 Å². The van der Waals surface area contributed by atoms with E-state index in [0.29, 0.717) is 6.54 Å². The van der Waals surface area contributed by atoms with Gasteiger partial charge >= 0.3 is 0 Å². The molecule has 1 aromatic heterocycles. The summed E-state index contributed by atoms with van der Waals surface area (Å²) in [4.78, 5) is 11.9. The molecule has 1 amide bonds. The summed E-state index contributed by atoms with van der Waals surface area (Å²) in [6, 6.07) is 1.64. The summed E-state index contributed by atoms with van der Waals surface area (Å²) in [5.41, 5.74) is 5.13. The largest absolute Gasteiger partial charge is 0.486 e. The lowest BCUT2D eigenvalue weighted by Gasteiger charge is -2.07. The molecule has 15 heavy (non-hydrogen) atoms. The Morgan fingerprint density at radius 2 is 2.47 bits per heavy atom. The van der Waals surface area contributed by atoms with Crippen molar-refractivity contribution in [3.05, 3.63) is 15.4 Å². The molecule has 1 heterocycles. The van der Waals surface area contributed by atoms with Crippen LogP contribution in [0.3, 0.4) is 0 Å². The highest BCUT2D eigenvalue weighted by molar-refractivity contribution is 9.10. The number of rotatable bonds is 5. The quantitative estimate of drug-likeness (QED) is 0.864. The Hall–Kier alpha value is -0.590. The molecule has 84 valence electrons. The number of thiophene rings is 1. The van der Waals surface area contributed by atoms with Crippen LogP contribution < -0.4 is 15.8 Å². The first-order chi connectivity index (χ1) is 7.04. The number of carbonyl (C=O) groups excluding carboxylic acids is 1. The van der Waals surface area contributed by atoms with E-state index < -0.39 is 0 Å². The first-order valence-electron chi connectivity index (χ1n) is 4.39. The van der Waals surface area contributed by atoms with Crippen LogP contribution in [0.5, 0.6) is 5.06 Å². The van der Waals surface area contributed by atoms with Crippen LogP contribution >= 0.6 is 27.3 Å². The number of hydrogen-bond acceptors (Lipinski definition) is 4. The summed E-state index contributed by atoms with van der Waals surface area (Å²) >= 11 is 4.91. The summed E-state index contributed by atoms with van der Waals surface area (Å²) in [7, 11) is 1.62. The molecule has 1 atom stereocenters. The molecular formula is C9H13BrN2O2S. The Morgan fingerprint density at radius 1 is 1.80 bits per heavy atom. The number of primary amides is 1. The molecule has 0 spiro atoms. The Bertz CT molecular complexity index is 354. The zero-order valence-electron chi connectivity index (χ0n) is 8.54. The fourth-order valence-electron chi connectivity index (χ4n) is 0.978. The summed E-state index contributed by atoms with van der Waals surface area (Å²) < 4.78 is 6.06. The summed E-state index contributed by atoms with van der Waals surface area (Å²) in [5, 5.41) is 3.85. The van der Waals surface area contributed by atoms with Crippen LogP contribution in [0.25, 0.3) is 0 Å². The molecule has 0 aliphatic rings. The van der Waals surface area contributed by atoms with Crippen LogP contribution in [-0.2, 0) is 11.3 Å². The molecule has 0 saturated carbocycles. The highest BCUT2D eigenvalue weighted by atomic mass is 79.9. The summed E-state index contributed by atoms with van der Waals surface area (Å²) in [6.45, 7) is 2.35. The number of methoxy groups -OCH3 is 1. The third kappa shape index (κ3) is 3.48. The topological polar surface area (TPSA) is 64.3 Å². The van der Waals surface area contributed by atoms with Gasteiger partial charge in [0.1, 0.15) is 0 Å². The SMILES string of the molecule is COc1sc(CNC(C)C(N)=O)cc1Br. The van der Waals surface area contributed by atoms with Crippen molar-refractivity contribution in [3.63, 3.8) is 0 Å². The van der Waals surface area contributed by atoms with Crippen molar-refractivity contribution in [2.45, 2.75) is 19.5 Å². The number of nitrogens with one attached hydrogen (secondary N) is 1. The van der Waals surface area contributed by atoms with Crippen molar-refractivity contribution >= 4 is 33.2 Å². The van der Waals surface area contributed by atoms with Gasteiger partial charge in [-0.15, -0.1) is 11.3 Å². The summed E-state index contributed by atoms with van der Waals surface area (Å²) in [5.74, 6) is -0.349. The predicted octanol–water partition coefficient (Wildman–Crippen LogP) is 1.48. The van der Waals surface area contributed by atoms with Crippen molar-refractivity contribution in [2.75, 3.05) is 7.11 Å². The number of ether oxygens (including phenoxy) is 1. The van der Waals surface area contributed by atoms with E-state index >= 15 is 0 Å². The van der Waals surface area contributed by atoms with E-state index in [1.165, 1.54) is 11.3 Å². The maximum Gasteiger partial charge on any atom is 0.234 e. The lowest BCUT2D eigenvalue weighted by Crippen LogP contribution is -2.38. The third-order valence-corrected chi connectivity index (χ3v) is 3.85. The van der Waals surface area contributed by atoms with Crippen molar-refractivity contribution in [2.24, 2.45) is 5.73 Å². The first kappa shape index (κ1) is 12.5. The van der Waals surface area contributed by atoms with E-state index in [0.717, 1.165) is 14.4 Å². The van der Waals surface area contributed by atoms with Gasteiger partial charge in [-0.25, -0.2) is 0 Å². The van der Waals surface area contributed by atoms with Gasteiger partial charge in [-0.3, -0.25) is 4.79 Å². The van der Waals surface area contributed by atoms with Gasteiger partial charge in [-0.05, 0) is 28.9 Å². The Kier molecular flexibility index (Phi) is 4.56. The molecule has 3 N–H and O–H groups in total. The number of hydrogen-bond donors (Lipinski definition) is 2. The predicted molar refractivity (Wildman–Crippen MR) is 64.1 cm³/mol. The van der Waals surface area contributed by atoms with E-state index in [9.17, 15) is 4.79 Å². The molecule has 0 saturated heterocycles. The molecule has 0 radical (unpaired) electrons. The fraction of sp³-hybridized carbons (Fsp3) is 0.444. The van der Waals surface area contributed by atoms with E-state index in [1.807, 2.05) is 6.07 Å². The monoisotopic (exact) mass is 292 g/mol. The van der Waals surface area contributed by atoms with Gasteiger partial charge in [-0.1, -0.05) is 0 Å². The van der Waals surface area contributed by atoms with Gasteiger partial charge in [0.15, 0.2) is 5.06 Å². The second kappa shape index (κ2) is 5.48. The Morgan fingerprint density at radius 3 is 2.93 bits per heavy atom. The minimum absolute atomic E-state index is 0.322. The van der Waals surface area contributed by atoms with Crippen LogP contribution in [0.1, 0.15) is 11.8 Å². The van der Waals surface area contributed by atoms with E-state index in [1.54, 1.807) is 14.0 Å². The highest BCUT2D eigenvalue weighted by Crippen LogP contribution is 2.34. The second-order valence-electron chi connectivity index (χ2n) is 3.06. The van der Waals surface area contributed by atoms with Crippen molar-refractivity contribution in [1.82, 2.24) is 5.32 Å². The van der Waals surface area contributed by atoms with Gasteiger partial charge in [0.2, 0.25) is 5.91 Å². The van der Waals surface area contributed by atoms with E-state index in [-0.39, 0.29) is 11.9 Å². The first-order valence-corrected chi connectivity index (χ1v) is 6.00. The maximum atomic E-state index is 10.8. The van der Waals surface area contributed by atoms with Gasteiger partial charge in [0.05, 0.1) is 17.6 Å². The zero-order chi connectivity index (χ0) is 11.4. The number of amides is 1. The molecule has 0 aromatic carbocycles. The van der Waals surface area contributed by atoms with Gasteiger partial charge in [0, 0.05) is 11.4 Å². The van der Waals surface area contributed by atoms with Crippen LogP contribution in [0, 0.1) is 0 Å². The Balaban J connectivity index is 2.54. The molecule has 0 bridgehead atoms. The molecule has 0 aliphatic carbocycles. The van der Waals surface area contributed by atoms with Crippen LogP contribution in [-0.4, -0.2) is 19.1 Å². The zero-order valence-corrected chi connectivity index (χ0v) is 10.9. The fourth-order valence-corrected chi connectivity index (χ4v) is 2.62. The second-order valence-corrected chi connectivity index (χ2v) is 5.01. The van der Waals surface area contributed by atoms with Crippen molar-refractivity contribution in [1.29, 1.82) is 0 Å². The smallest absolute Gasteiger partial charge is 0.234 e. The number of halogens is 1. The molecule has 1 rings (SSSR count).